The van der Waals surface area contributed by atoms with Crippen LogP contribution in [0.3, 0.4) is 0 Å². The molecule has 1 rings (SSSR count). The summed E-state index contributed by atoms with van der Waals surface area (Å²) in [6.45, 7) is 3.14. The molecule has 0 bridgehead atoms. The highest BCUT2D eigenvalue weighted by Gasteiger charge is 2.04. The first-order valence-corrected chi connectivity index (χ1v) is 4.29. The van der Waals surface area contributed by atoms with Gasteiger partial charge in [-0.05, 0) is 6.92 Å². The molecule has 0 aliphatic carbocycles. The molecule has 0 fully saturated rings. The molecule has 5 nitrogen and oxygen atoms in total. The average Bonchev–Trinajstić information content (AvgIpc) is 2.52. The van der Waals surface area contributed by atoms with Crippen LogP contribution in [0.2, 0.25) is 0 Å². The summed E-state index contributed by atoms with van der Waals surface area (Å²) in [4.78, 5) is 15.1. The molecule has 0 atom stereocenters. The molecular weight excluding hydrogens is 168 g/mol. The Hall–Kier alpha value is -1.36. The zero-order valence-electron chi connectivity index (χ0n) is 7.66. The molecule has 1 heterocycles. The van der Waals surface area contributed by atoms with Gasteiger partial charge in [0.1, 0.15) is 0 Å². The Morgan fingerprint density at radius 2 is 2.54 bits per heavy atom. The van der Waals surface area contributed by atoms with Crippen LogP contribution in [-0.4, -0.2) is 22.0 Å². The van der Waals surface area contributed by atoms with E-state index in [-0.39, 0.29) is 5.91 Å². The normalized spacial score (nSPS) is 10.0. The van der Waals surface area contributed by atoms with Crippen LogP contribution < -0.4 is 11.1 Å². The maximum Gasteiger partial charge on any atom is 0.227 e. The van der Waals surface area contributed by atoms with Gasteiger partial charge >= 0.3 is 0 Å². The lowest BCUT2D eigenvalue weighted by atomic mass is 10.4. The van der Waals surface area contributed by atoms with Crippen LogP contribution in [-0.2, 0) is 11.3 Å². The quantitative estimate of drug-likeness (QED) is 0.698. The van der Waals surface area contributed by atoms with E-state index in [1.54, 1.807) is 6.20 Å². The minimum absolute atomic E-state index is 0.0941. The molecule has 72 valence electrons. The van der Waals surface area contributed by atoms with Crippen molar-refractivity contribution in [3.8, 4) is 0 Å². The number of nitrogens with one attached hydrogen (secondary N) is 1. The largest absolute Gasteiger partial charge is 0.330 e. The summed E-state index contributed by atoms with van der Waals surface area (Å²) in [6, 6.07) is 0. The second-order valence-corrected chi connectivity index (χ2v) is 2.62. The van der Waals surface area contributed by atoms with Crippen molar-refractivity contribution in [3.63, 3.8) is 0 Å². The highest BCUT2D eigenvalue weighted by Crippen LogP contribution is 2.03. The summed E-state index contributed by atoms with van der Waals surface area (Å²) in [7, 11) is 0. The molecule has 13 heavy (non-hydrogen) atoms. The molecule has 1 aromatic rings. The maximum absolute atomic E-state index is 11.1. The van der Waals surface area contributed by atoms with Crippen LogP contribution in [0.4, 0.5) is 5.95 Å². The third-order valence-electron chi connectivity index (χ3n) is 1.68. The van der Waals surface area contributed by atoms with E-state index in [1.807, 2.05) is 17.7 Å². The molecule has 0 unspecified atom stereocenters. The number of hydrogen-bond donors (Lipinski definition) is 2. The van der Waals surface area contributed by atoms with Gasteiger partial charge in [0, 0.05) is 31.9 Å². The molecular formula is C8H14N4O. The minimum atomic E-state index is -0.0941. The molecule has 0 spiro atoms. The van der Waals surface area contributed by atoms with Crippen molar-refractivity contribution in [1.29, 1.82) is 0 Å². The fourth-order valence-electron chi connectivity index (χ4n) is 1.01. The predicted octanol–water partition coefficient (Wildman–Crippen LogP) is 0.190. The van der Waals surface area contributed by atoms with Crippen LogP contribution in [0, 0.1) is 0 Å². The lowest BCUT2D eigenvalue weighted by molar-refractivity contribution is -0.116. The van der Waals surface area contributed by atoms with E-state index in [4.69, 9.17) is 5.73 Å². The number of amides is 1. The van der Waals surface area contributed by atoms with Crippen LogP contribution in [0.5, 0.6) is 0 Å². The molecule has 0 aliphatic heterocycles. The van der Waals surface area contributed by atoms with E-state index in [2.05, 4.69) is 10.3 Å². The molecule has 3 N–H and O–H groups in total. The Morgan fingerprint density at radius 1 is 1.77 bits per heavy atom. The van der Waals surface area contributed by atoms with E-state index in [9.17, 15) is 4.79 Å². The first-order chi connectivity index (χ1) is 6.27. The summed E-state index contributed by atoms with van der Waals surface area (Å²) in [5.41, 5.74) is 5.24. The van der Waals surface area contributed by atoms with Gasteiger partial charge in [-0.2, -0.15) is 0 Å². The minimum Gasteiger partial charge on any atom is -0.330 e. The highest BCUT2D eigenvalue weighted by molar-refractivity contribution is 5.89. The molecule has 0 radical (unpaired) electrons. The van der Waals surface area contributed by atoms with Gasteiger partial charge in [-0.1, -0.05) is 0 Å². The van der Waals surface area contributed by atoms with Crippen LogP contribution in [0.1, 0.15) is 13.3 Å². The number of hydrogen-bond acceptors (Lipinski definition) is 3. The number of anilines is 1. The second kappa shape index (κ2) is 4.61. The zero-order valence-corrected chi connectivity index (χ0v) is 7.66. The number of rotatable bonds is 4. The van der Waals surface area contributed by atoms with Gasteiger partial charge in [0.15, 0.2) is 0 Å². The molecule has 1 aromatic heterocycles. The van der Waals surface area contributed by atoms with E-state index >= 15 is 0 Å². The first-order valence-electron chi connectivity index (χ1n) is 4.29. The molecule has 0 aromatic carbocycles. The van der Waals surface area contributed by atoms with Crippen LogP contribution in [0.15, 0.2) is 12.4 Å². The third kappa shape index (κ3) is 2.55. The van der Waals surface area contributed by atoms with Gasteiger partial charge in [-0.3, -0.25) is 10.1 Å². The van der Waals surface area contributed by atoms with Gasteiger partial charge < -0.3 is 10.3 Å². The summed E-state index contributed by atoms with van der Waals surface area (Å²) < 4.78 is 1.86. The second-order valence-electron chi connectivity index (χ2n) is 2.62. The summed E-state index contributed by atoms with van der Waals surface area (Å²) in [6.07, 6.45) is 3.80. The fraction of sp³-hybridized carbons (Fsp3) is 0.500. The standard InChI is InChI=1S/C8H14N4O/c1-2-12-6-5-10-8(12)11-7(13)3-4-9/h5-6H,2-4,9H2,1H3,(H,10,11,13). The fourth-order valence-corrected chi connectivity index (χ4v) is 1.01. The molecule has 1 amide bonds. The average molecular weight is 182 g/mol. The van der Waals surface area contributed by atoms with Crippen molar-refractivity contribution in [2.45, 2.75) is 19.9 Å². The smallest absolute Gasteiger partial charge is 0.227 e. The Labute approximate surface area is 76.9 Å². The Balaban J connectivity index is 2.57. The highest BCUT2D eigenvalue weighted by atomic mass is 16.1. The Morgan fingerprint density at radius 3 is 3.15 bits per heavy atom. The van der Waals surface area contributed by atoms with E-state index < -0.39 is 0 Å². The van der Waals surface area contributed by atoms with Crippen molar-refractivity contribution >= 4 is 11.9 Å². The number of nitrogens with zero attached hydrogens (tertiary/aromatic N) is 2. The lowest BCUT2D eigenvalue weighted by Crippen LogP contribution is -2.18. The van der Waals surface area contributed by atoms with E-state index in [0.29, 0.717) is 18.9 Å². The van der Waals surface area contributed by atoms with Gasteiger partial charge in [0.25, 0.3) is 0 Å². The maximum atomic E-state index is 11.1. The first kappa shape index (κ1) is 9.73. The Bertz CT molecular complexity index is 281. The number of aryl methyl sites for hydroxylation is 1. The van der Waals surface area contributed by atoms with E-state index in [1.165, 1.54) is 0 Å². The monoisotopic (exact) mass is 182 g/mol. The zero-order chi connectivity index (χ0) is 9.68. The van der Waals surface area contributed by atoms with Crippen molar-refractivity contribution in [2.75, 3.05) is 11.9 Å². The number of aromatic nitrogens is 2. The number of carbonyl (C=O) groups excluding carboxylic acids is 1. The third-order valence-corrected chi connectivity index (χ3v) is 1.68. The van der Waals surface area contributed by atoms with Crippen molar-refractivity contribution < 1.29 is 4.79 Å². The molecule has 0 saturated heterocycles. The lowest BCUT2D eigenvalue weighted by Gasteiger charge is -2.05. The van der Waals surface area contributed by atoms with Crippen molar-refractivity contribution in [1.82, 2.24) is 9.55 Å². The Kier molecular flexibility index (Phi) is 3.45. The van der Waals surface area contributed by atoms with Crippen LogP contribution in [0.25, 0.3) is 0 Å². The van der Waals surface area contributed by atoms with Crippen LogP contribution >= 0.6 is 0 Å². The van der Waals surface area contributed by atoms with Crippen molar-refractivity contribution in [3.05, 3.63) is 12.4 Å². The SMILES string of the molecule is CCn1ccnc1NC(=O)CCN. The van der Waals surface area contributed by atoms with Gasteiger partial charge in [0.2, 0.25) is 11.9 Å². The van der Waals surface area contributed by atoms with Crippen molar-refractivity contribution in [2.24, 2.45) is 5.73 Å². The molecule has 0 saturated carbocycles. The summed E-state index contributed by atoms with van der Waals surface area (Å²) >= 11 is 0. The number of nitrogens with two attached hydrogens (primary N) is 1. The molecule has 5 heteroatoms. The number of imidazole rings is 1. The summed E-state index contributed by atoms with van der Waals surface area (Å²) in [5, 5.41) is 2.68. The van der Waals surface area contributed by atoms with Gasteiger partial charge in [-0.15, -0.1) is 0 Å². The van der Waals surface area contributed by atoms with Gasteiger partial charge in [0.05, 0.1) is 0 Å². The summed E-state index contributed by atoms with van der Waals surface area (Å²) in [5.74, 6) is 0.490. The van der Waals surface area contributed by atoms with E-state index in [0.717, 1.165) is 6.54 Å². The topological polar surface area (TPSA) is 72.9 Å². The van der Waals surface area contributed by atoms with Gasteiger partial charge in [-0.25, -0.2) is 4.98 Å². The molecule has 0 aliphatic rings. The number of carbonyl (C=O) groups is 1. The predicted molar refractivity (Wildman–Crippen MR) is 50.2 cm³/mol.